The number of nitrogens with zero attached hydrogens (tertiary/aromatic N) is 1. The van der Waals surface area contributed by atoms with E-state index >= 15 is 0 Å². The van der Waals surface area contributed by atoms with Crippen molar-refractivity contribution in [2.75, 3.05) is 20.8 Å². The van der Waals surface area contributed by atoms with Gasteiger partial charge in [-0.25, -0.2) is 0 Å². The van der Waals surface area contributed by atoms with Crippen LogP contribution >= 0.6 is 0 Å². The summed E-state index contributed by atoms with van der Waals surface area (Å²) >= 11 is 0. The zero-order valence-corrected chi connectivity index (χ0v) is 17.3. The van der Waals surface area contributed by atoms with E-state index in [4.69, 9.17) is 14.2 Å². The Hall–Kier alpha value is -2.86. The minimum Gasteiger partial charge on any atom is -0.493 e. The molecule has 6 nitrogen and oxygen atoms in total. The van der Waals surface area contributed by atoms with Crippen molar-refractivity contribution in [2.45, 2.75) is 38.8 Å². The molecule has 0 saturated heterocycles. The van der Waals surface area contributed by atoms with Gasteiger partial charge >= 0.3 is 0 Å². The molecule has 0 saturated carbocycles. The fourth-order valence-corrected chi connectivity index (χ4v) is 3.61. The first-order valence-corrected chi connectivity index (χ1v) is 9.74. The number of rotatable bonds is 8. The van der Waals surface area contributed by atoms with Crippen LogP contribution in [0, 0.1) is 0 Å². The van der Waals surface area contributed by atoms with Crippen LogP contribution in [0.15, 0.2) is 42.5 Å². The van der Waals surface area contributed by atoms with Crippen LogP contribution < -0.4 is 9.47 Å². The van der Waals surface area contributed by atoms with E-state index in [0.717, 1.165) is 11.1 Å². The van der Waals surface area contributed by atoms with Crippen molar-refractivity contribution >= 4 is 11.8 Å². The SMILES string of the molecule is COCCC(c1ccc(OC)c(OC(C)C)c1)N1C(=O)Cc2ccccc2C1=O. The Balaban J connectivity index is 2.02. The van der Waals surface area contributed by atoms with Crippen molar-refractivity contribution in [1.82, 2.24) is 4.90 Å². The van der Waals surface area contributed by atoms with Crippen molar-refractivity contribution in [3.05, 3.63) is 59.2 Å². The summed E-state index contributed by atoms with van der Waals surface area (Å²) in [5.74, 6) is 0.700. The summed E-state index contributed by atoms with van der Waals surface area (Å²) < 4.78 is 16.5. The zero-order chi connectivity index (χ0) is 21.0. The molecule has 0 fully saturated rings. The quantitative estimate of drug-likeness (QED) is 0.634. The van der Waals surface area contributed by atoms with Crippen LogP contribution in [0.3, 0.4) is 0 Å². The monoisotopic (exact) mass is 397 g/mol. The molecule has 0 spiro atoms. The van der Waals surface area contributed by atoms with Gasteiger partial charge in [-0.05, 0) is 49.6 Å². The highest BCUT2D eigenvalue weighted by Crippen LogP contribution is 2.36. The number of fused-ring (bicyclic) bond motifs is 1. The van der Waals surface area contributed by atoms with Crippen LogP contribution in [-0.2, 0) is 16.0 Å². The molecule has 2 amide bonds. The maximum Gasteiger partial charge on any atom is 0.261 e. The van der Waals surface area contributed by atoms with Crippen LogP contribution in [0.2, 0.25) is 0 Å². The first-order valence-electron chi connectivity index (χ1n) is 9.74. The van der Waals surface area contributed by atoms with Gasteiger partial charge in [0.25, 0.3) is 5.91 Å². The Kier molecular flexibility index (Phi) is 6.54. The summed E-state index contributed by atoms with van der Waals surface area (Å²) in [4.78, 5) is 27.5. The topological polar surface area (TPSA) is 65.1 Å². The summed E-state index contributed by atoms with van der Waals surface area (Å²) in [6.07, 6.45) is 0.655. The maximum atomic E-state index is 13.2. The van der Waals surface area contributed by atoms with E-state index in [2.05, 4.69) is 0 Å². The van der Waals surface area contributed by atoms with Gasteiger partial charge in [-0.2, -0.15) is 0 Å². The molecule has 1 atom stereocenters. The first-order chi connectivity index (χ1) is 14.0. The predicted molar refractivity (Wildman–Crippen MR) is 109 cm³/mol. The lowest BCUT2D eigenvalue weighted by molar-refractivity contribution is -0.130. The third-order valence-corrected chi connectivity index (χ3v) is 4.92. The largest absolute Gasteiger partial charge is 0.493 e. The number of carbonyl (C=O) groups is 2. The summed E-state index contributed by atoms with van der Waals surface area (Å²) in [7, 11) is 3.19. The summed E-state index contributed by atoms with van der Waals surface area (Å²) in [6, 6.07) is 12.3. The van der Waals surface area contributed by atoms with Crippen molar-refractivity contribution in [3.63, 3.8) is 0 Å². The number of methoxy groups -OCH3 is 2. The van der Waals surface area contributed by atoms with E-state index in [1.165, 1.54) is 4.90 Å². The number of amides is 2. The molecule has 3 rings (SSSR count). The zero-order valence-electron chi connectivity index (χ0n) is 17.3. The molecule has 0 radical (unpaired) electrons. The predicted octanol–water partition coefficient (Wildman–Crippen LogP) is 3.79. The van der Waals surface area contributed by atoms with Gasteiger partial charge in [0.2, 0.25) is 5.91 Å². The second-order valence-corrected chi connectivity index (χ2v) is 7.28. The van der Waals surface area contributed by atoms with E-state index in [1.54, 1.807) is 26.4 Å². The number of carbonyl (C=O) groups excluding carboxylic acids is 2. The van der Waals surface area contributed by atoms with Crippen LogP contribution in [0.1, 0.15) is 47.8 Å². The number of benzene rings is 2. The van der Waals surface area contributed by atoms with Gasteiger partial charge in [0.15, 0.2) is 11.5 Å². The minimum absolute atomic E-state index is 0.0401. The molecule has 1 unspecified atom stereocenters. The average Bonchev–Trinajstić information content (AvgIpc) is 2.70. The Morgan fingerprint density at radius 2 is 1.79 bits per heavy atom. The second-order valence-electron chi connectivity index (χ2n) is 7.28. The third kappa shape index (κ3) is 4.43. The van der Waals surface area contributed by atoms with Gasteiger partial charge in [-0.3, -0.25) is 14.5 Å². The van der Waals surface area contributed by atoms with E-state index in [9.17, 15) is 9.59 Å². The van der Waals surface area contributed by atoms with Crippen molar-refractivity contribution < 1.29 is 23.8 Å². The van der Waals surface area contributed by atoms with Crippen molar-refractivity contribution in [1.29, 1.82) is 0 Å². The van der Waals surface area contributed by atoms with E-state index in [0.29, 0.717) is 30.1 Å². The lowest BCUT2D eigenvalue weighted by atomic mass is 9.93. The number of hydrogen-bond donors (Lipinski definition) is 0. The minimum atomic E-state index is -0.455. The first kappa shape index (κ1) is 20.9. The summed E-state index contributed by atoms with van der Waals surface area (Å²) in [6.45, 7) is 4.28. The van der Waals surface area contributed by atoms with E-state index in [-0.39, 0.29) is 24.3 Å². The van der Waals surface area contributed by atoms with Crippen molar-refractivity contribution in [2.24, 2.45) is 0 Å². The third-order valence-electron chi connectivity index (χ3n) is 4.92. The smallest absolute Gasteiger partial charge is 0.261 e. The molecule has 0 aliphatic carbocycles. The average molecular weight is 397 g/mol. The molecule has 0 aromatic heterocycles. The van der Waals surface area contributed by atoms with Crippen LogP contribution in [0.5, 0.6) is 11.5 Å². The fraction of sp³-hybridized carbons (Fsp3) is 0.391. The van der Waals surface area contributed by atoms with E-state index in [1.807, 2.05) is 44.2 Å². The van der Waals surface area contributed by atoms with Gasteiger partial charge in [0.05, 0.1) is 25.7 Å². The summed E-state index contributed by atoms with van der Waals surface area (Å²) in [5.41, 5.74) is 2.14. The molecular formula is C23H27NO5. The van der Waals surface area contributed by atoms with Crippen LogP contribution in [-0.4, -0.2) is 43.6 Å². The molecule has 1 aliphatic heterocycles. The Morgan fingerprint density at radius 1 is 1.03 bits per heavy atom. The molecule has 1 aliphatic rings. The molecular weight excluding hydrogens is 370 g/mol. The Bertz CT molecular complexity index is 893. The fourth-order valence-electron chi connectivity index (χ4n) is 3.61. The number of imide groups is 1. The highest BCUT2D eigenvalue weighted by atomic mass is 16.5. The van der Waals surface area contributed by atoms with Crippen LogP contribution in [0.4, 0.5) is 0 Å². The van der Waals surface area contributed by atoms with Crippen molar-refractivity contribution in [3.8, 4) is 11.5 Å². The molecule has 0 bridgehead atoms. The van der Waals surface area contributed by atoms with Gasteiger partial charge in [0.1, 0.15) is 0 Å². The Morgan fingerprint density at radius 3 is 2.48 bits per heavy atom. The molecule has 2 aromatic rings. The standard InChI is InChI=1S/C23H27NO5/c1-15(2)29-21-13-17(9-10-20(21)28-4)19(11-12-27-3)24-22(25)14-16-7-5-6-8-18(16)23(24)26/h5-10,13,15,19H,11-12,14H2,1-4H3. The van der Waals surface area contributed by atoms with Gasteiger partial charge in [-0.15, -0.1) is 0 Å². The van der Waals surface area contributed by atoms with Gasteiger partial charge in [0, 0.05) is 19.3 Å². The molecule has 154 valence electrons. The van der Waals surface area contributed by atoms with Gasteiger partial charge < -0.3 is 14.2 Å². The Labute approximate surface area is 171 Å². The van der Waals surface area contributed by atoms with E-state index < -0.39 is 6.04 Å². The molecule has 29 heavy (non-hydrogen) atoms. The maximum absolute atomic E-state index is 13.2. The van der Waals surface area contributed by atoms with Gasteiger partial charge in [-0.1, -0.05) is 24.3 Å². The summed E-state index contributed by atoms with van der Waals surface area (Å²) in [5, 5.41) is 0. The highest BCUT2D eigenvalue weighted by molar-refractivity contribution is 6.10. The number of ether oxygens (including phenoxy) is 3. The molecule has 0 N–H and O–H groups in total. The van der Waals surface area contributed by atoms with Crippen LogP contribution in [0.25, 0.3) is 0 Å². The molecule has 6 heteroatoms. The second kappa shape index (κ2) is 9.09. The highest BCUT2D eigenvalue weighted by Gasteiger charge is 2.36. The lowest BCUT2D eigenvalue weighted by Crippen LogP contribution is -2.45. The molecule has 2 aromatic carbocycles. The normalized spacial score (nSPS) is 14.7. The lowest BCUT2D eigenvalue weighted by Gasteiger charge is -2.34. The molecule has 1 heterocycles. The number of hydrogen-bond acceptors (Lipinski definition) is 5.